The summed E-state index contributed by atoms with van der Waals surface area (Å²) in [5.74, 6) is -0.0240. The first-order valence-electron chi connectivity index (χ1n) is 8.19. The van der Waals surface area contributed by atoms with Crippen molar-refractivity contribution in [2.45, 2.75) is 31.9 Å². The molecular formula is C19H19Cl2NO3. The Balaban J connectivity index is 1.64. The second-order valence-corrected chi connectivity index (χ2v) is 6.87. The van der Waals surface area contributed by atoms with E-state index < -0.39 is 5.97 Å². The zero-order chi connectivity index (χ0) is 17.8. The van der Waals surface area contributed by atoms with E-state index in [1.165, 1.54) is 0 Å². The summed E-state index contributed by atoms with van der Waals surface area (Å²) >= 11 is 12.2. The van der Waals surface area contributed by atoms with Gasteiger partial charge in [-0.2, -0.15) is 0 Å². The van der Waals surface area contributed by atoms with E-state index in [9.17, 15) is 4.79 Å². The maximum atomic E-state index is 11.0. The lowest BCUT2D eigenvalue weighted by Gasteiger charge is -2.25. The van der Waals surface area contributed by atoms with Crippen molar-refractivity contribution in [2.24, 2.45) is 0 Å². The molecule has 1 aliphatic rings. The summed E-state index contributed by atoms with van der Waals surface area (Å²) in [6.07, 6.45) is 2.10. The predicted molar refractivity (Wildman–Crippen MR) is 99.9 cm³/mol. The molecule has 0 saturated carbocycles. The zero-order valence-corrected chi connectivity index (χ0v) is 15.1. The van der Waals surface area contributed by atoms with E-state index in [0.29, 0.717) is 16.7 Å². The van der Waals surface area contributed by atoms with Crippen molar-refractivity contribution in [3.63, 3.8) is 0 Å². The van der Waals surface area contributed by atoms with Crippen molar-refractivity contribution < 1.29 is 14.6 Å². The summed E-state index contributed by atoms with van der Waals surface area (Å²) in [4.78, 5) is 13.1. The van der Waals surface area contributed by atoms with Crippen LogP contribution in [0.4, 0.5) is 5.69 Å². The summed E-state index contributed by atoms with van der Waals surface area (Å²) in [6.45, 7) is 1.22. The summed E-state index contributed by atoms with van der Waals surface area (Å²) in [5.41, 5.74) is 1.86. The van der Waals surface area contributed by atoms with Crippen LogP contribution >= 0.6 is 23.2 Å². The largest absolute Gasteiger partial charge is 0.489 e. The Morgan fingerprint density at radius 2 is 1.96 bits per heavy atom. The number of ether oxygens (including phenoxy) is 1. The molecule has 1 aliphatic heterocycles. The van der Waals surface area contributed by atoms with E-state index in [2.05, 4.69) is 4.90 Å². The Hall–Kier alpha value is -1.91. The third-order valence-corrected chi connectivity index (χ3v) is 5.24. The van der Waals surface area contributed by atoms with Crippen molar-refractivity contribution in [3.8, 4) is 5.75 Å². The number of rotatable bonds is 6. The molecule has 1 atom stereocenters. The van der Waals surface area contributed by atoms with E-state index >= 15 is 0 Å². The van der Waals surface area contributed by atoms with Crippen LogP contribution in [0.15, 0.2) is 42.5 Å². The molecule has 25 heavy (non-hydrogen) atoms. The second kappa shape index (κ2) is 7.98. The fourth-order valence-corrected chi connectivity index (χ4v) is 3.52. The fourth-order valence-electron chi connectivity index (χ4n) is 3.14. The molecule has 0 radical (unpaired) electrons. The van der Waals surface area contributed by atoms with Gasteiger partial charge in [0.05, 0.1) is 16.5 Å². The first-order chi connectivity index (χ1) is 12.0. The topological polar surface area (TPSA) is 49.8 Å². The van der Waals surface area contributed by atoms with Gasteiger partial charge in [-0.3, -0.25) is 4.79 Å². The number of carboxylic acids is 1. The fraction of sp³-hybridized carbons (Fsp3) is 0.316. The molecule has 0 aliphatic carbocycles. The number of hydrogen-bond acceptors (Lipinski definition) is 3. The number of carboxylic acid groups (broad SMARTS) is 1. The number of nitrogens with zero attached hydrogens (tertiary/aromatic N) is 1. The Morgan fingerprint density at radius 3 is 2.68 bits per heavy atom. The quantitative estimate of drug-likeness (QED) is 0.765. The van der Waals surface area contributed by atoms with Crippen LogP contribution in [0.2, 0.25) is 10.0 Å². The summed E-state index contributed by atoms with van der Waals surface area (Å²) in [7, 11) is 0. The monoisotopic (exact) mass is 379 g/mol. The van der Waals surface area contributed by atoms with E-state index in [0.717, 1.165) is 36.4 Å². The molecule has 6 heteroatoms. The minimum Gasteiger partial charge on any atom is -0.489 e. The van der Waals surface area contributed by atoms with Crippen LogP contribution in [-0.2, 0) is 11.4 Å². The number of carbonyl (C=O) groups is 1. The standard InChI is InChI=1S/C19H19Cl2NO3/c20-17-5-1-3-13(19(17)21)12-25-16-8-6-14(7-9-16)22-10-2-4-15(22)11-18(23)24/h1,3,5-9,15H,2,4,10-12H2,(H,23,24). The molecule has 0 amide bonds. The molecule has 1 saturated heterocycles. The molecule has 4 nitrogen and oxygen atoms in total. The molecule has 2 aromatic rings. The van der Waals surface area contributed by atoms with Gasteiger partial charge in [0.15, 0.2) is 0 Å². The van der Waals surface area contributed by atoms with Gasteiger partial charge in [0.25, 0.3) is 0 Å². The van der Waals surface area contributed by atoms with Crippen molar-refractivity contribution in [3.05, 3.63) is 58.1 Å². The SMILES string of the molecule is O=C(O)CC1CCCN1c1ccc(OCc2cccc(Cl)c2Cl)cc1. The van der Waals surface area contributed by atoms with Crippen LogP contribution in [0.3, 0.4) is 0 Å². The summed E-state index contributed by atoms with van der Waals surface area (Å²) < 4.78 is 5.78. The van der Waals surface area contributed by atoms with Gasteiger partial charge in [0.2, 0.25) is 0 Å². The van der Waals surface area contributed by atoms with Crippen molar-refractivity contribution in [1.82, 2.24) is 0 Å². The van der Waals surface area contributed by atoms with Crippen LogP contribution in [0.1, 0.15) is 24.8 Å². The molecule has 2 aromatic carbocycles. The molecule has 0 spiro atoms. The van der Waals surface area contributed by atoms with Crippen LogP contribution in [0, 0.1) is 0 Å². The van der Waals surface area contributed by atoms with Crippen LogP contribution in [0.25, 0.3) is 0 Å². The number of benzene rings is 2. The van der Waals surface area contributed by atoms with E-state index in [-0.39, 0.29) is 12.5 Å². The van der Waals surface area contributed by atoms with Crippen molar-refractivity contribution in [2.75, 3.05) is 11.4 Å². The van der Waals surface area contributed by atoms with Gasteiger partial charge in [-0.05, 0) is 43.2 Å². The highest BCUT2D eigenvalue weighted by atomic mass is 35.5. The third-order valence-electron chi connectivity index (χ3n) is 4.38. The normalized spacial score (nSPS) is 16.9. The van der Waals surface area contributed by atoms with Gasteiger partial charge in [-0.25, -0.2) is 0 Å². The predicted octanol–water partition coefficient (Wildman–Crippen LogP) is 5.02. The maximum Gasteiger partial charge on any atom is 0.305 e. The van der Waals surface area contributed by atoms with Gasteiger partial charge in [0.1, 0.15) is 12.4 Å². The first-order valence-corrected chi connectivity index (χ1v) is 8.94. The molecule has 1 N–H and O–H groups in total. The molecule has 0 bridgehead atoms. The van der Waals surface area contributed by atoms with Crippen LogP contribution in [-0.4, -0.2) is 23.7 Å². The van der Waals surface area contributed by atoms with Gasteiger partial charge in [-0.15, -0.1) is 0 Å². The van der Waals surface area contributed by atoms with Crippen LogP contribution in [0.5, 0.6) is 5.75 Å². The van der Waals surface area contributed by atoms with Gasteiger partial charge < -0.3 is 14.7 Å². The molecule has 1 unspecified atom stereocenters. The Morgan fingerprint density at radius 1 is 1.20 bits per heavy atom. The maximum absolute atomic E-state index is 11.0. The Labute approximate surface area is 156 Å². The Bertz CT molecular complexity index is 749. The molecule has 0 aromatic heterocycles. The smallest absolute Gasteiger partial charge is 0.305 e. The van der Waals surface area contributed by atoms with Gasteiger partial charge in [0, 0.05) is 23.8 Å². The van der Waals surface area contributed by atoms with Crippen molar-refractivity contribution >= 4 is 34.9 Å². The average Bonchev–Trinajstić information content (AvgIpc) is 3.04. The number of hydrogen-bond donors (Lipinski definition) is 1. The second-order valence-electron chi connectivity index (χ2n) is 6.08. The number of aliphatic carboxylic acids is 1. The highest BCUT2D eigenvalue weighted by Crippen LogP contribution is 2.30. The van der Waals surface area contributed by atoms with Crippen LogP contribution < -0.4 is 9.64 Å². The Kier molecular flexibility index (Phi) is 5.71. The average molecular weight is 380 g/mol. The third kappa shape index (κ3) is 4.39. The zero-order valence-electron chi connectivity index (χ0n) is 13.6. The highest BCUT2D eigenvalue weighted by molar-refractivity contribution is 6.42. The molecule has 132 valence electrons. The summed E-state index contributed by atoms with van der Waals surface area (Å²) in [5, 5.41) is 10.1. The lowest BCUT2D eigenvalue weighted by molar-refractivity contribution is -0.137. The lowest BCUT2D eigenvalue weighted by Crippen LogP contribution is -2.31. The highest BCUT2D eigenvalue weighted by Gasteiger charge is 2.26. The van der Waals surface area contributed by atoms with E-state index in [1.807, 2.05) is 36.4 Å². The molecule has 1 fully saturated rings. The minimum absolute atomic E-state index is 0.0644. The van der Waals surface area contributed by atoms with Gasteiger partial charge in [-0.1, -0.05) is 35.3 Å². The summed E-state index contributed by atoms with van der Waals surface area (Å²) in [6, 6.07) is 13.2. The number of halogens is 2. The van der Waals surface area contributed by atoms with E-state index in [4.69, 9.17) is 33.0 Å². The van der Waals surface area contributed by atoms with Gasteiger partial charge >= 0.3 is 5.97 Å². The van der Waals surface area contributed by atoms with Crippen molar-refractivity contribution in [1.29, 1.82) is 0 Å². The molecular weight excluding hydrogens is 361 g/mol. The molecule has 3 rings (SSSR count). The van der Waals surface area contributed by atoms with E-state index in [1.54, 1.807) is 6.07 Å². The lowest BCUT2D eigenvalue weighted by atomic mass is 10.1. The minimum atomic E-state index is -0.754. The molecule has 1 heterocycles. The number of anilines is 1. The first kappa shape index (κ1) is 17.9.